The first-order valence-corrected chi connectivity index (χ1v) is 8.28. The molecule has 0 bridgehead atoms. The van der Waals surface area contributed by atoms with Gasteiger partial charge < -0.3 is 14.8 Å². The number of imidazole rings is 1. The maximum absolute atomic E-state index is 4.28. The van der Waals surface area contributed by atoms with Gasteiger partial charge in [-0.15, -0.1) is 0 Å². The molecule has 0 amide bonds. The summed E-state index contributed by atoms with van der Waals surface area (Å²) in [4.78, 5) is 6.79. The molecule has 4 nitrogen and oxygen atoms in total. The Balaban J connectivity index is 1.48. The highest BCUT2D eigenvalue weighted by Crippen LogP contribution is 2.25. The van der Waals surface area contributed by atoms with E-state index in [1.165, 1.54) is 30.6 Å². The minimum Gasteiger partial charge on any atom is -0.370 e. The molecule has 3 rings (SSSR count). The van der Waals surface area contributed by atoms with Crippen LogP contribution in [0.5, 0.6) is 0 Å². The molecule has 1 atom stereocenters. The number of rotatable bonds is 6. The van der Waals surface area contributed by atoms with Gasteiger partial charge in [0.2, 0.25) is 0 Å². The van der Waals surface area contributed by atoms with E-state index in [1.807, 2.05) is 12.4 Å². The van der Waals surface area contributed by atoms with Crippen LogP contribution in [0.1, 0.15) is 24.7 Å². The molecule has 1 aliphatic rings. The molecule has 1 aromatic carbocycles. The number of para-hydroxylation sites is 1. The molecular weight excluding hydrogens is 272 g/mol. The van der Waals surface area contributed by atoms with Gasteiger partial charge in [-0.25, -0.2) is 4.98 Å². The van der Waals surface area contributed by atoms with E-state index in [1.54, 1.807) is 0 Å². The number of hydrogen-bond donors (Lipinski definition) is 1. The van der Waals surface area contributed by atoms with Crippen molar-refractivity contribution in [3.05, 3.63) is 48.0 Å². The van der Waals surface area contributed by atoms with Gasteiger partial charge in [0.25, 0.3) is 0 Å². The zero-order chi connectivity index (χ0) is 15.4. The van der Waals surface area contributed by atoms with Gasteiger partial charge in [-0.2, -0.15) is 0 Å². The van der Waals surface area contributed by atoms with E-state index in [4.69, 9.17) is 0 Å². The van der Waals surface area contributed by atoms with Crippen LogP contribution in [0.3, 0.4) is 0 Å². The lowest BCUT2D eigenvalue weighted by Crippen LogP contribution is -2.39. The summed E-state index contributed by atoms with van der Waals surface area (Å²) in [6.07, 6.45) is 6.40. The summed E-state index contributed by atoms with van der Waals surface area (Å²) >= 11 is 0. The van der Waals surface area contributed by atoms with Gasteiger partial charge in [0, 0.05) is 50.3 Å². The maximum Gasteiger partial charge on any atom is 0.105 e. The Bertz CT molecular complexity index is 605. The molecule has 0 spiro atoms. The summed E-state index contributed by atoms with van der Waals surface area (Å²) in [6, 6.07) is 9.27. The van der Waals surface area contributed by atoms with Crippen molar-refractivity contribution in [1.29, 1.82) is 0 Å². The summed E-state index contributed by atoms with van der Waals surface area (Å²) in [6.45, 7) is 8.53. The molecule has 22 heavy (non-hydrogen) atoms. The van der Waals surface area contributed by atoms with Crippen molar-refractivity contribution in [2.75, 3.05) is 24.5 Å². The van der Waals surface area contributed by atoms with Crippen molar-refractivity contribution in [2.24, 2.45) is 0 Å². The second-order valence-electron chi connectivity index (χ2n) is 6.20. The Morgan fingerprint density at radius 2 is 2.18 bits per heavy atom. The molecule has 2 heterocycles. The highest BCUT2D eigenvalue weighted by Gasteiger charge is 2.15. The van der Waals surface area contributed by atoms with Crippen molar-refractivity contribution >= 4 is 5.69 Å². The van der Waals surface area contributed by atoms with E-state index in [2.05, 4.69) is 57.9 Å². The second-order valence-corrected chi connectivity index (χ2v) is 6.20. The summed E-state index contributed by atoms with van der Waals surface area (Å²) in [5, 5.41) is 3.64. The Labute approximate surface area is 133 Å². The average Bonchev–Trinajstić information content (AvgIpc) is 2.93. The van der Waals surface area contributed by atoms with Gasteiger partial charge >= 0.3 is 0 Å². The molecular formula is C18H26N4. The number of anilines is 1. The first-order chi connectivity index (χ1) is 10.7. The minimum atomic E-state index is 0.452. The Morgan fingerprint density at radius 3 is 3.00 bits per heavy atom. The van der Waals surface area contributed by atoms with Crippen molar-refractivity contribution in [1.82, 2.24) is 14.9 Å². The van der Waals surface area contributed by atoms with Gasteiger partial charge in [-0.05, 0) is 38.3 Å². The number of aromatic nitrogens is 2. The first kappa shape index (κ1) is 15.1. The fourth-order valence-corrected chi connectivity index (χ4v) is 3.25. The normalized spacial score (nSPS) is 15.6. The van der Waals surface area contributed by atoms with Gasteiger partial charge in [-0.1, -0.05) is 18.2 Å². The minimum absolute atomic E-state index is 0.452. The Kier molecular flexibility index (Phi) is 4.78. The third-order valence-corrected chi connectivity index (χ3v) is 4.48. The maximum atomic E-state index is 4.28. The summed E-state index contributed by atoms with van der Waals surface area (Å²) in [5.41, 5.74) is 2.92. The van der Waals surface area contributed by atoms with Crippen LogP contribution in [0.2, 0.25) is 0 Å². The topological polar surface area (TPSA) is 33.1 Å². The summed E-state index contributed by atoms with van der Waals surface area (Å²) in [7, 11) is 0. The number of aryl methyl sites for hydroxylation is 2. The monoisotopic (exact) mass is 298 g/mol. The molecule has 1 N–H and O–H groups in total. The van der Waals surface area contributed by atoms with Crippen molar-refractivity contribution in [3.8, 4) is 0 Å². The lowest BCUT2D eigenvalue weighted by Gasteiger charge is -2.31. The van der Waals surface area contributed by atoms with Crippen molar-refractivity contribution in [3.63, 3.8) is 0 Å². The molecule has 0 saturated heterocycles. The van der Waals surface area contributed by atoms with Gasteiger partial charge in [0.15, 0.2) is 0 Å². The Hall–Kier alpha value is -1.81. The predicted octanol–water partition coefficient (Wildman–Crippen LogP) is 2.62. The first-order valence-electron chi connectivity index (χ1n) is 8.28. The van der Waals surface area contributed by atoms with Crippen LogP contribution in [0.4, 0.5) is 5.69 Å². The smallest absolute Gasteiger partial charge is 0.105 e. The van der Waals surface area contributed by atoms with E-state index < -0.39 is 0 Å². The summed E-state index contributed by atoms with van der Waals surface area (Å²) in [5.74, 6) is 1.08. The zero-order valence-corrected chi connectivity index (χ0v) is 13.6. The quantitative estimate of drug-likeness (QED) is 0.890. The largest absolute Gasteiger partial charge is 0.370 e. The molecule has 1 aromatic heterocycles. The fraction of sp³-hybridized carbons (Fsp3) is 0.500. The molecule has 2 aromatic rings. The van der Waals surface area contributed by atoms with Gasteiger partial charge in [-0.3, -0.25) is 0 Å². The summed E-state index contributed by atoms with van der Waals surface area (Å²) < 4.78 is 2.20. The van der Waals surface area contributed by atoms with Gasteiger partial charge in [0.1, 0.15) is 5.82 Å². The molecule has 4 heteroatoms. The number of nitrogens with zero attached hydrogens (tertiary/aromatic N) is 3. The van der Waals surface area contributed by atoms with Crippen LogP contribution < -0.4 is 10.2 Å². The van der Waals surface area contributed by atoms with Crippen LogP contribution in [-0.4, -0.2) is 35.2 Å². The number of nitrogens with one attached hydrogen (secondary N) is 1. The fourth-order valence-electron chi connectivity index (χ4n) is 3.25. The highest BCUT2D eigenvalue weighted by atomic mass is 15.2. The highest BCUT2D eigenvalue weighted by molar-refractivity contribution is 5.55. The SMILES string of the molecule is Cc1nccn1CC(C)NCCN1CCCc2ccccc21. The van der Waals surface area contributed by atoms with Gasteiger partial charge in [0.05, 0.1) is 0 Å². The lowest BCUT2D eigenvalue weighted by atomic mass is 10.0. The van der Waals surface area contributed by atoms with Crippen LogP contribution >= 0.6 is 0 Å². The molecule has 1 aliphatic heterocycles. The molecule has 0 fully saturated rings. The van der Waals surface area contributed by atoms with E-state index in [-0.39, 0.29) is 0 Å². The van der Waals surface area contributed by atoms with Crippen LogP contribution in [-0.2, 0) is 13.0 Å². The number of benzene rings is 1. The van der Waals surface area contributed by atoms with Crippen LogP contribution in [0.25, 0.3) is 0 Å². The second kappa shape index (κ2) is 6.97. The molecule has 0 aliphatic carbocycles. The van der Waals surface area contributed by atoms with Crippen molar-refractivity contribution in [2.45, 2.75) is 39.3 Å². The molecule has 0 saturated carbocycles. The average molecular weight is 298 g/mol. The van der Waals surface area contributed by atoms with E-state index in [0.717, 1.165) is 25.5 Å². The third kappa shape index (κ3) is 3.50. The predicted molar refractivity (Wildman–Crippen MR) is 91.4 cm³/mol. The van der Waals surface area contributed by atoms with Crippen LogP contribution in [0.15, 0.2) is 36.7 Å². The third-order valence-electron chi connectivity index (χ3n) is 4.48. The van der Waals surface area contributed by atoms with E-state index >= 15 is 0 Å². The zero-order valence-electron chi connectivity index (χ0n) is 13.6. The molecule has 0 radical (unpaired) electrons. The van der Waals surface area contributed by atoms with E-state index in [9.17, 15) is 0 Å². The molecule has 1 unspecified atom stereocenters. The Morgan fingerprint density at radius 1 is 1.32 bits per heavy atom. The lowest BCUT2D eigenvalue weighted by molar-refractivity contribution is 0.471. The van der Waals surface area contributed by atoms with Crippen LogP contribution in [0, 0.1) is 6.92 Å². The van der Waals surface area contributed by atoms with E-state index in [0.29, 0.717) is 6.04 Å². The van der Waals surface area contributed by atoms with Crippen molar-refractivity contribution < 1.29 is 0 Å². The molecule has 118 valence electrons. The number of fused-ring (bicyclic) bond motifs is 1. The standard InChI is InChI=1S/C18H26N4/c1-15(14-22-13-10-20-16(22)2)19-9-12-21-11-5-7-17-6-3-4-8-18(17)21/h3-4,6,8,10,13,15,19H,5,7,9,11-12,14H2,1-2H3. The number of hydrogen-bond acceptors (Lipinski definition) is 3.